The van der Waals surface area contributed by atoms with Gasteiger partial charge in [0.25, 0.3) is 0 Å². The van der Waals surface area contributed by atoms with E-state index in [9.17, 15) is 4.79 Å². The first kappa shape index (κ1) is 12.5. The number of carbonyl (C=O) groups is 1. The van der Waals surface area contributed by atoms with Gasteiger partial charge >= 0.3 is 0 Å². The van der Waals surface area contributed by atoms with Crippen LogP contribution >= 0.6 is 0 Å². The van der Waals surface area contributed by atoms with Gasteiger partial charge in [-0.05, 0) is 25.7 Å². The van der Waals surface area contributed by atoms with Crippen LogP contribution in [0.2, 0.25) is 0 Å². The zero-order chi connectivity index (χ0) is 10.6. The first-order valence-corrected chi connectivity index (χ1v) is 5.12. The number of nitrogens with zero attached hydrogens (tertiary/aromatic N) is 1. The minimum Gasteiger partial charge on any atom is -0.343 e. The van der Waals surface area contributed by atoms with E-state index < -0.39 is 0 Å². The van der Waals surface area contributed by atoms with Crippen molar-refractivity contribution >= 4 is 5.91 Å². The molecule has 2 nitrogen and oxygen atoms in total. The van der Waals surface area contributed by atoms with Gasteiger partial charge in [0.2, 0.25) is 5.91 Å². The Morgan fingerprint density at radius 2 is 1.62 bits per heavy atom. The monoisotopic (exact) mass is 185 g/mol. The van der Waals surface area contributed by atoms with Crippen molar-refractivity contribution in [2.45, 2.75) is 47.1 Å². The molecule has 0 rings (SSSR count). The lowest BCUT2D eigenvalue weighted by Crippen LogP contribution is -2.34. The van der Waals surface area contributed by atoms with Crippen molar-refractivity contribution in [2.24, 2.45) is 11.8 Å². The highest BCUT2D eigenvalue weighted by Crippen LogP contribution is 2.15. The second-order valence-electron chi connectivity index (χ2n) is 4.52. The molecule has 0 aromatic carbocycles. The normalized spacial score (nSPS) is 13.5. The molecule has 1 amide bonds. The summed E-state index contributed by atoms with van der Waals surface area (Å²) in [5.74, 6) is 1.33. The molecular formula is C11H23NO. The molecule has 0 fully saturated rings. The van der Waals surface area contributed by atoms with Crippen LogP contribution in [-0.4, -0.2) is 23.9 Å². The van der Waals surface area contributed by atoms with Crippen molar-refractivity contribution in [3.63, 3.8) is 0 Å². The Hall–Kier alpha value is -0.530. The average molecular weight is 185 g/mol. The van der Waals surface area contributed by atoms with Crippen molar-refractivity contribution in [2.75, 3.05) is 7.05 Å². The van der Waals surface area contributed by atoms with E-state index >= 15 is 0 Å². The lowest BCUT2D eigenvalue weighted by Gasteiger charge is -2.24. The molecule has 0 saturated carbocycles. The molecule has 0 aliphatic carbocycles. The number of hydrogen-bond acceptors (Lipinski definition) is 1. The molecule has 1 unspecified atom stereocenters. The molecule has 0 aromatic heterocycles. The smallest absolute Gasteiger partial charge is 0.222 e. The van der Waals surface area contributed by atoms with E-state index in [1.807, 2.05) is 25.8 Å². The van der Waals surface area contributed by atoms with Gasteiger partial charge in [-0.3, -0.25) is 4.79 Å². The van der Waals surface area contributed by atoms with Gasteiger partial charge in [0.1, 0.15) is 0 Å². The van der Waals surface area contributed by atoms with Gasteiger partial charge in [0.15, 0.2) is 0 Å². The summed E-state index contributed by atoms with van der Waals surface area (Å²) in [5, 5.41) is 0. The molecule has 0 heterocycles. The van der Waals surface area contributed by atoms with Crippen molar-refractivity contribution in [3.05, 3.63) is 0 Å². The molecule has 0 aliphatic rings. The predicted molar refractivity (Wildman–Crippen MR) is 56.5 cm³/mol. The molecular weight excluding hydrogens is 162 g/mol. The molecule has 0 N–H and O–H groups in total. The minimum absolute atomic E-state index is 0.260. The Bertz CT molecular complexity index is 163. The van der Waals surface area contributed by atoms with Crippen molar-refractivity contribution in [3.8, 4) is 0 Å². The standard InChI is InChI=1S/C11H23NO/c1-8(2)10(5)7-11(13)12(6)9(3)4/h8-10H,7H2,1-6H3. The van der Waals surface area contributed by atoms with Crippen LogP contribution in [0, 0.1) is 11.8 Å². The third-order valence-corrected chi connectivity index (χ3v) is 2.80. The first-order chi connectivity index (χ1) is 5.86. The average Bonchev–Trinajstić information content (AvgIpc) is 2.02. The molecule has 78 valence electrons. The summed E-state index contributed by atoms with van der Waals surface area (Å²) in [6, 6.07) is 0.312. The molecule has 2 heteroatoms. The van der Waals surface area contributed by atoms with Gasteiger partial charge in [-0.25, -0.2) is 0 Å². The van der Waals surface area contributed by atoms with Crippen molar-refractivity contribution in [1.29, 1.82) is 0 Å². The third kappa shape index (κ3) is 4.30. The molecule has 0 radical (unpaired) electrons. The van der Waals surface area contributed by atoms with Crippen LogP contribution in [0.4, 0.5) is 0 Å². The van der Waals surface area contributed by atoms with Crippen molar-refractivity contribution in [1.82, 2.24) is 4.90 Å². The summed E-state index contributed by atoms with van der Waals surface area (Å²) in [6.07, 6.45) is 0.673. The van der Waals surface area contributed by atoms with Crippen LogP contribution in [0.25, 0.3) is 0 Å². The van der Waals surface area contributed by atoms with Crippen LogP contribution in [0.5, 0.6) is 0 Å². The van der Waals surface area contributed by atoms with E-state index in [1.165, 1.54) is 0 Å². The van der Waals surface area contributed by atoms with E-state index in [4.69, 9.17) is 0 Å². The van der Waals surface area contributed by atoms with Crippen LogP contribution in [0.1, 0.15) is 41.0 Å². The second kappa shape index (κ2) is 5.25. The van der Waals surface area contributed by atoms with Crippen LogP contribution in [0.15, 0.2) is 0 Å². The zero-order valence-electron chi connectivity index (χ0n) is 9.79. The van der Waals surface area contributed by atoms with E-state index in [0.29, 0.717) is 24.3 Å². The van der Waals surface area contributed by atoms with Gasteiger partial charge in [-0.15, -0.1) is 0 Å². The Kier molecular flexibility index (Phi) is 5.04. The summed E-state index contributed by atoms with van der Waals surface area (Å²) in [6.45, 7) is 10.5. The Morgan fingerprint density at radius 3 is 1.92 bits per heavy atom. The third-order valence-electron chi connectivity index (χ3n) is 2.80. The minimum atomic E-state index is 0.260. The summed E-state index contributed by atoms with van der Waals surface area (Å²) in [5.41, 5.74) is 0. The van der Waals surface area contributed by atoms with E-state index in [1.54, 1.807) is 0 Å². The molecule has 0 saturated heterocycles. The lowest BCUT2D eigenvalue weighted by atomic mass is 9.94. The largest absolute Gasteiger partial charge is 0.343 e. The number of rotatable bonds is 4. The van der Waals surface area contributed by atoms with Gasteiger partial charge in [-0.2, -0.15) is 0 Å². The first-order valence-electron chi connectivity index (χ1n) is 5.12. The molecule has 0 spiro atoms. The molecule has 1 atom stereocenters. The topological polar surface area (TPSA) is 20.3 Å². The maximum absolute atomic E-state index is 11.6. The van der Waals surface area contributed by atoms with Gasteiger partial charge in [0.05, 0.1) is 0 Å². The van der Waals surface area contributed by atoms with Gasteiger partial charge in [-0.1, -0.05) is 20.8 Å². The number of carbonyl (C=O) groups excluding carboxylic acids is 1. The van der Waals surface area contributed by atoms with E-state index in [0.717, 1.165) is 0 Å². The highest BCUT2D eigenvalue weighted by molar-refractivity contribution is 5.76. The fourth-order valence-corrected chi connectivity index (χ4v) is 0.943. The van der Waals surface area contributed by atoms with Crippen molar-refractivity contribution < 1.29 is 4.79 Å². The van der Waals surface area contributed by atoms with Crippen LogP contribution in [0.3, 0.4) is 0 Å². The Balaban J connectivity index is 4.00. The van der Waals surface area contributed by atoms with Crippen LogP contribution in [-0.2, 0) is 4.79 Å². The predicted octanol–water partition coefficient (Wildman–Crippen LogP) is 2.54. The Labute approximate surface area is 82.3 Å². The maximum atomic E-state index is 11.6. The summed E-state index contributed by atoms with van der Waals surface area (Å²) in [4.78, 5) is 13.4. The van der Waals surface area contributed by atoms with E-state index in [-0.39, 0.29) is 5.91 Å². The van der Waals surface area contributed by atoms with Gasteiger partial charge < -0.3 is 4.90 Å². The fraction of sp³-hybridized carbons (Fsp3) is 0.909. The highest BCUT2D eigenvalue weighted by Gasteiger charge is 2.17. The lowest BCUT2D eigenvalue weighted by molar-refractivity contribution is -0.132. The maximum Gasteiger partial charge on any atom is 0.222 e. The fourth-order valence-electron chi connectivity index (χ4n) is 0.943. The van der Waals surface area contributed by atoms with E-state index in [2.05, 4.69) is 20.8 Å². The quantitative estimate of drug-likeness (QED) is 0.659. The van der Waals surface area contributed by atoms with Gasteiger partial charge in [0, 0.05) is 19.5 Å². The van der Waals surface area contributed by atoms with Crippen LogP contribution < -0.4 is 0 Å². The molecule has 13 heavy (non-hydrogen) atoms. The second-order valence-corrected chi connectivity index (χ2v) is 4.52. The zero-order valence-corrected chi connectivity index (χ0v) is 9.79. The Morgan fingerprint density at radius 1 is 1.15 bits per heavy atom. The SMILES string of the molecule is CC(C)C(C)CC(=O)N(C)C(C)C. The molecule has 0 aliphatic heterocycles. The number of hydrogen-bond donors (Lipinski definition) is 0. The summed E-state index contributed by atoms with van der Waals surface area (Å²) >= 11 is 0. The number of amides is 1. The summed E-state index contributed by atoms with van der Waals surface area (Å²) < 4.78 is 0. The highest BCUT2D eigenvalue weighted by atomic mass is 16.2. The molecule has 0 aromatic rings. The summed E-state index contributed by atoms with van der Waals surface area (Å²) in [7, 11) is 1.88. The molecule has 0 bridgehead atoms.